The molecule has 10 heteroatoms. The minimum Gasteiger partial charge on any atom is -0.379 e. The summed E-state index contributed by atoms with van der Waals surface area (Å²) in [5.74, 6) is -0.174. The SMILES string of the molecule is O=C(NNC1=CCSc2ccc(F)cc21)c1cccc(S(=O)(=O)N2CCOCC2)c1. The van der Waals surface area contributed by atoms with Crippen LogP contribution in [0.1, 0.15) is 15.9 Å². The Morgan fingerprint density at radius 2 is 1.93 bits per heavy atom. The summed E-state index contributed by atoms with van der Waals surface area (Å²) in [7, 11) is -3.70. The van der Waals surface area contributed by atoms with Crippen LogP contribution in [0.25, 0.3) is 5.70 Å². The van der Waals surface area contributed by atoms with Crippen LogP contribution in [0, 0.1) is 5.82 Å². The lowest BCUT2D eigenvalue weighted by molar-refractivity contribution is 0.0730. The Bertz CT molecular complexity index is 1100. The van der Waals surface area contributed by atoms with Crippen molar-refractivity contribution in [3.8, 4) is 0 Å². The minimum atomic E-state index is -3.70. The molecule has 2 aliphatic rings. The van der Waals surface area contributed by atoms with Gasteiger partial charge in [0.05, 0.1) is 23.8 Å². The second-order valence-corrected chi connectivity index (χ2v) is 9.69. The van der Waals surface area contributed by atoms with Crippen molar-refractivity contribution >= 4 is 33.4 Å². The third kappa shape index (κ3) is 4.36. The topological polar surface area (TPSA) is 87.7 Å². The Labute approximate surface area is 178 Å². The Balaban J connectivity index is 1.48. The average Bonchev–Trinajstić information content (AvgIpc) is 2.78. The lowest BCUT2D eigenvalue weighted by Crippen LogP contribution is -2.40. The maximum atomic E-state index is 13.6. The van der Waals surface area contributed by atoms with Gasteiger partial charge in [-0.05, 0) is 42.5 Å². The fraction of sp³-hybridized carbons (Fsp3) is 0.250. The van der Waals surface area contributed by atoms with E-state index in [0.29, 0.717) is 30.2 Å². The molecule has 4 rings (SSSR count). The number of sulfonamides is 1. The van der Waals surface area contributed by atoms with Crippen LogP contribution in [0.5, 0.6) is 0 Å². The molecule has 0 bridgehead atoms. The molecule has 2 aromatic rings. The first-order valence-corrected chi connectivity index (χ1v) is 11.7. The fourth-order valence-electron chi connectivity index (χ4n) is 3.21. The fourth-order valence-corrected chi connectivity index (χ4v) is 5.58. The normalized spacial score (nSPS) is 17.0. The number of fused-ring (bicyclic) bond motifs is 1. The van der Waals surface area contributed by atoms with Gasteiger partial charge in [-0.25, -0.2) is 12.8 Å². The Kier molecular flexibility index (Phi) is 6.09. The number of nitrogens with zero attached hydrogens (tertiary/aromatic N) is 1. The molecule has 158 valence electrons. The maximum Gasteiger partial charge on any atom is 0.269 e. The zero-order valence-electron chi connectivity index (χ0n) is 15.9. The van der Waals surface area contributed by atoms with Gasteiger partial charge < -0.3 is 4.74 Å². The molecule has 7 nitrogen and oxygen atoms in total. The van der Waals surface area contributed by atoms with Gasteiger partial charge in [-0.3, -0.25) is 15.6 Å². The number of morpholine rings is 1. The molecule has 0 saturated carbocycles. The standard InChI is InChI=1S/C20H20FN3O4S2/c21-15-4-5-19-17(13-15)18(6-11-29-19)22-23-20(25)14-2-1-3-16(12-14)30(26,27)24-7-9-28-10-8-24/h1-6,12-13,22H,7-11H2,(H,23,25). The van der Waals surface area contributed by atoms with E-state index < -0.39 is 15.9 Å². The van der Waals surface area contributed by atoms with Gasteiger partial charge in [-0.2, -0.15) is 4.31 Å². The Morgan fingerprint density at radius 1 is 1.13 bits per heavy atom. The zero-order chi connectivity index (χ0) is 21.1. The number of amides is 1. The van der Waals surface area contributed by atoms with Gasteiger partial charge in [0.2, 0.25) is 10.0 Å². The monoisotopic (exact) mass is 449 g/mol. The molecule has 2 aromatic carbocycles. The maximum absolute atomic E-state index is 13.6. The highest BCUT2D eigenvalue weighted by Gasteiger charge is 2.27. The van der Waals surface area contributed by atoms with E-state index in [1.54, 1.807) is 17.8 Å². The lowest BCUT2D eigenvalue weighted by Gasteiger charge is -2.26. The number of benzene rings is 2. The molecule has 0 atom stereocenters. The van der Waals surface area contributed by atoms with E-state index in [0.717, 1.165) is 4.90 Å². The van der Waals surface area contributed by atoms with E-state index in [4.69, 9.17) is 4.74 Å². The number of hydrogen-bond acceptors (Lipinski definition) is 6. The molecular formula is C20H20FN3O4S2. The number of rotatable bonds is 5. The second kappa shape index (κ2) is 8.76. The van der Waals surface area contributed by atoms with Crippen LogP contribution < -0.4 is 10.9 Å². The minimum absolute atomic E-state index is 0.0535. The van der Waals surface area contributed by atoms with Crippen molar-refractivity contribution in [1.82, 2.24) is 15.2 Å². The van der Waals surface area contributed by atoms with Crippen LogP contribution in [0.3, 0.4) is 0 Å². The molecule has 0 spiro atoms. The molecule has 0 radical (unpaired) electrons. The van der Waals surface area contributed by atoms with Gasteiger partial charge in [0, 0.05) is 34.9 Å². The van der Waals surface area contributed by atoms with Gasteiger partial charge >= 0.3 is 0 Å². The van der Waals surface area contributed by atoms with E-state index >= 15 is 0 Å². The summed E-state index contributed by atoms with van der Waals surface area (Å²) in [4.78, 5) is 13.6. The quantitative estimate of drug-likeness (QED) is 0.681. The number of carbonyl (C=O) groups is 1. The smallest absolute Gasteiger partial charge is 0.269 e. The predicted octanol–water partition coefficient (Wildman–Crippen LogP) is 2.23. The molecule has 1 saturated heterocycles. The van der Waals surface area contributed by atoms with Crippen LogP contribution in [-0.4, -0.2) is 50.7 Å². The summed E-state index contributed by atoms with van der Waals surface area (Å²) < 4.78 is 45.8. The van der Waals surface area contributed by atoms with Gasteiger partial charge in [0.25, 0.3) is 5.91 Å². The number of carbonyl (C=O) groups excluding carboxylic acids is 1. The van der Waals surface area contributed by atoms with Gasteiger partial charge in [0.15, 0.2) is 0 Å². The van der Waals surface area contributed by atoms with Gasteiger partial charge in [0.1, 0.15) is 5.82 Å². The first kappa shape index (κ1) is 20.9. The molecule has 2 heterocycles. The van der Waals surface area contributed by atoms with Crippen LogP contribution >= 0.6 is 11.8 Å². The van der Waals surface area contributed by atoms with Crippen LogP contribution in [-0.2, 0) is 14.8 Å². The molecule has 2 aliphatic heterocycles. The van der Waals surface area contributed by atoms with E-state index in [-0.39, 0.29) is 29.4 Å². The molecular weight excluding hydrogens is 429 g/mol. The Morgan fingerprint density at radius 3 is 2.73 bits per heavy atom. The highest BCUT2D eigenvalue weighted by atomic mass is 32.2. The van der Waals surface area contributed by atoms with Crippen molar-refractivity contribution in [2.75, 3.05) is 32.1 Å². The molecule has 0 aliphatic carbocycles. The van der Waals surface area contributed by atoms with Crippen LogP contribution in [0.2, 0.25) is 0 Å². The van der Waals surface area contributed by atoms with E-state index in [2.05, 4.69) is 10.9 Å². The first-order chi connectivity index (χ1) is 14.4. The predicted molar refractivity (Wildman–Crippen MR) is 112 cm³/mol. The third-order valence-electron chi connectivity index (χ3n) is 4.77. The van der Waals surface area contributed by atoms with Gasteiger partial charge in [-0.1, -0.05) is 6.07 Å². The largest absolute Gasteiger partial charge is 0.379 e. The van der Waals surface area contributed by atoms with Crippen molar-refractivity contribution in [3.63, 3.8) is 0 Å². The van der Waals surface area contributed by atoms with E-state index in [1.165, 1.54) is 40.7 Å². The molecule has 0 unspecified atom stereocenters. The van der Waals surface area contributed by atoms with Crippen molar-refractivity contribution < 1.29 is 22.3 Å². The van der Waals surface area contributed by atoms with E-state index in [9.17, 15) is 17.6 Å². The summed E-state index contributed by atoms with van der Waals surface area (Å²) in [6.07, 6.45) is 1.85. The van der Waals surface area contributed by atoms with Crippen molar-refractivity contribution in [2.45, 2.75) is 9.79 Å². The van der Waals surface area contributed by atoms with Crippen molar-refractivity contribution in [1.29, 1.82) is 0 Å². The molecule has 0 aromatic heterocycles. The number of ether oxygens (including phenoxy) is 1. The second-order valence-electron chi connectivity index (χ2n) is 6.69. The third-order valence-corrected chi connectivity index (χ3v) is 7.67. The first-order valence-electron chi connectivity index (χ1n) is 9.32. The number of hydrazine groups is 1. The highest BCUT2D eigenvalue weighted by Crippen LogP contribution is 2.32. The summed E-state index contributed by atoms with van der Waals surface area (Å²) in [5.41, 5.74) is 6.85. The number of halogens is 1. The molecule has 2 N–H and O–H groups in total. The average molecular weight is 450 g/mol. The lowest BCUT2D eigenvalue weighted by atomic mass is 10.1. The summed E-state index contributed by atoms with van der Waals surface area (Å²) >= 11 is 1.57. The van der Waals surface area contributed by atoms with E-state index in [1.807, 2.05) is 6.08 Å². The van der Waals surface area contributed by atoms with Crippen LogP contribution in [0.15, 0.2) is 58.3 Å². The number of hydrogen-bond donors (Lipinski definition) is 2. The molecule has 1 fully saturated rings. The number of thioether (sulfide) groups is 1. The highest BCUT2D eigenvalue weighted by molar-refractivity contribution is 7.99. The molecule has 1 amide bonds. The summed E-state index contributed by atoms with van der Waals surface area (Å²) in [6.45, 7) is 1.25. The summed E-state index contributed by atoms with van der Waals surface area (Å²) in [6, 6.07) is 10.4. The van der Waals surface area contributed by atoms with Crippen molar-refractivity contribution in [2.24, 2.45) is 0 Å². The number of nitrogens with one attached hydrogen (secondary N) is 2. The van der Waals surface area contributed by atoms with Crippen molar-refractivity contribution in [3.05, 3.63) is 65.5 Å². The Hall–Kier alpha value is -2.40. The molecule has 30 heavy (non-hydrogen) atoms. The van der Waals surface area contributed by atoms with Crippen LogP contribution in [0.4, 0.5) is 4.39 Å². The summed E-state index contributed by atoms with van der Waals surface area (Å²) in [5, 5.41) is 0. The zero-order valence-corrected chi connectivity index (χ0v) is 17.6. The van der Waals surface area contributed by atoms with Gasteiger partial charge in [-0.15, -0.1) is 11.8 Å².